The molecule has 82 valence electrons. The molecule has 0 aliphatic rings. The van der Waals surface area contributed by atoms with Gasteiger partial charge in [0.15, 0.2) is 0 Å². The number of nitrogens with zero attached hydrogens (tertiary/aromatic N) is 1. The van der Waals surface area contributed by atoms with E-state index in [1.54, 1.807) is 6.07 Å². The number of carboxylic acid groups (broad SMARTS) is 1. The topological polar surface area (TPSA) is 71.5 Å². The van der Waals surface area contributed by atoms with Crippen molar-refractivity contribution in [3.05, 3.63) is 30.3 Å². The van der Waals surface area contributed by atoms with Crippen molar-refractivity contribution < 1.29 is 14.6 Å². The Hall–Kier alpha value is -2.30. The van der Waals surface area contributed by atoms with E-state index in [2.05, 4.69) is 10.3 Å². The highest BCUT2D eigenvalue weighted by molar-refractivity contribution is 5.90. The van der Waals surface area contributed by atoms with E-state index in [9.17, 15) is 4.79 Å². The zero-order valence-corrected chi connectivity index (χ0v) is 8.60. The van der Waals surface area contributed by atoms with Gasteiger partial charge in [-0.25, -0.2) is 9.78 Å². The second-order valence-corrected chi connectivity index (χ2v) is 3.17. The van der Waals surface area contributed by atoms with Gasteiger partial charge in [-0.3, -0.25) is 5.32 Å². The molecule has 1 heterocycles. The second kappa shape index (κ2) is 4.06. The van der Waals surface area contributed by atoms with Gasteiger partial charge in [0.1, 0.15) is 5.69 Å². The van der Waals surface area contributed by atoms with Crippen LogP contribution < -0.4 is 10.1 Å². The summed E-state index contributed by atoms with van der Waals surface area (Å²) in [6, 6.07) is 9.10. The molecule has 0 radical (unpaired) electrons. The van der Waals surface area contributed by atoms with Gasteiger partial charge < -0.3 is 9.84 Å². The first kappa shape index (κ1) is 10.2. The Morgan fingerprint density at radius 2 is 2.19 bits per heavy atom. The number of amides is 1. The predicted molar refractivity (Wildman–Crippen MR) is 59.9 cm³/mol. The number of carbonyl (C=O) groups is 1. The maximum absolute atomic E-state index is 10.6. The Morgan fingerprint density at radius 3 is 2.88 bits per heavy atom. The lowest BCUT2D eigenvalue weighted by atomic mass is 10.2. The minimum absolute atomic E-state index is 0.265. The van der Waals surface area contributed by atoms with E-state index in [0.29, 0.717) is 5.69 Å². The molecule has 0 bridgehead atoms. The summed E-state index contributed by atoms with van der Waals surface area (Å²) in [5, 5.41) is 11.8. The van der Waals surface area contributed by atoms with E-state index in [-0.39, 0.29) is 5.88 Å². The second-order valence-electron chi connectivity index (χ2n) is 3.17. The minimum atomic E-state index is -1.14. The third kappa shape index (κ3) is 1.88. The van der Waals surface area contributed by atoms with E-state index in [4.69, 9.17) is 9.84 Å². The fourth-order valence-corrected chi connectivity index (χ4v) is 1.46. The first-order valence-corrected chi connectivity index (χ1v) is 4.64. The molecular formula is C11H10N2O3. The van der Waals surface area contributed by atoms with Crippen LogP contribution >= 0.6 is 0 Å². The summed E-state index contributed by atoms with van der Waals surface area (Å²) in [6.07, 6.45) is -1.14. The van der Waals surface area contributed by atoms with Crippen LogP contribution in [0.2, 0.25) is 0 Å². The molecule has 5 nitrogen and oxygen atoms in total. The standard InChI is InChI=1S/C11H10N2O3/c1-16-10-9(13-11(14)15)6-7-4-2-3-5-8(7)12-10/h2-6,13H,1H3,(H,14,15). The van der Waals surface area contributed by atoms with Crippen molar-refractivity contribution >= 4 is 22.7 Å². The van der Waals surface area contributed by atoms with Crippen molar-refractivity contribution in [2.75, 3.05) is 12.4 Å². The van der Waals surface area contributed by atoms with Gasteiger partial charge in [-0.2, -0.15) is 0 Å². The maximum Gasteiger partial charge on any atom is 0.409 e. The van der Waals surface area contributed by atoms with Crippen LogP contribution in [0, 0.1) is 0 Å². The number of anilines is 1. The quantitative estimate of drug-likeness (QED) is 0.811. The maximum atomic E-state index is 10.6. The molecule has 0 saturated heterocycles. The molecule has 1 aromatic carbocycles. The molecule has 5 heteroatoms. The van der Waals surface area contributed by atoms with Crippen LogP contribution in [0.3, 0.4) is 0 Å². The molecule has 1 aromatic heterocycles. The van der Waals surface area contributed by atoms with Crippen LogP contribution in [0.4, 0.5) is 10.5 Å². The number of hydrogen-bond acceptors (Lipinski definition) is 3. The number of benzene rings is 1. The molecular weight excluding hydrogens is 208 g/mol. The average Bonchev–Trinajstić information content (AvgIpc) is 2.27. The normalized spacial score (nSPS) is 10.1. The number of ether oxygens (including phenoxy) is 1. The Morgan fingerprint density at radius 1 is 1.44 bits per heavy atom. The number of fused-ring (bicyclic) bond motifs is 1. The van der Waals surface area contributed by atoms with Crippen molar-refractivity contribution in [2.24, 2.45) is 0 Å². The zero-order valence-electron chi connectivity index (χ0n) is 8.60. The van der Waals surface area contributed by atoms with Crippen LogP contribution in [-0.4, -0.2) is 23.3 Å². The van der Waals surface area contributed by atoms with Gasteiger partial charge in [-0.15, -0.1) is 0 Å². The molecule has 2 N–H and O–H groups in total. The monoisotopic (exact) mass is 218 g/mol. The summed E-state index contributed by atoms with van der Waals surface area (Å²) in [4.78, 5) is 14.8. The molecule has 2 rings (SSSR count). The number of hydrogen-bond donors (Lipinski definition) is 2. The predicted octanol–water partition coefficient (Wildman–Crippen LogP) is 2.33. The summed E-state index contributed by atoms with van der Waals surface area (Å²) in [6.45, 7) is 0. The Kier molecular flexibility index (Phi) is 2.59. The highest BCUT2D eigenvalue weighted by Crippen LogP contribution is 2.26. The third-order valence-electron chi connectivity index (χ3n) is 2.12. The third-order valence-corrected chi connectivity index (χ3v) is 2.12. The minimum Gasteiger partial charge on any atom is -0.479 e. The Bertz CT molecular complexity index is 540. The SMILES string of the molecule is COc1nc2ccccc2cc1NC(=O)O. The summed E-state index contributed by atoms with van der Waals surface area (Å²) < 4.78 is 5.02. The van der Waals surface area contributed by atoms with E-state index in [0.717, 1.165) is 10.9 Å². The zero-order chi connectivity index (χ0) is 11.5. The fraction of sp³-hybridized carbons (Fsp3) is 0.0909. The van der Waals surface area contributed by atoms with Crippen LogP contribution in [0.25, 0.3) is 10.9 Å². The van der Waals surface area contributed by atoms with E-state index < -0.39 is 6.09 Å². The number of rotatable bonds is 2. The van der Waals surface area contributed by atoms with Crippen molar-refractivity contribution in [3.63, 3.8) is 0 Å². The molecule has 0 fully saturated rings. The van der Waals surface area contributed by atoms with Crippen molar-refractivity contribution in [1.82, 2.24) is 4.98 Å². The molecule has 0 saturated carbocycles. The van der Waals surface area contributed by atoms with Gasteiger partial charge in [-0.05, 0) is 12.1 Å². The highest BCUT2D eigenvalue weighted by Gasteiger charge is 2.09. The van der Waals surface area contributed by atoms with Gasteiger partial charge in [-0.1, -0.05) is 18.2 Å². The Balaban J connectivity index is 2.58. The van der Waals surface area contributed by atoms with E-state index in [1.807, 2.05) is 24.3 Å². The van der Waals surface area contributed by atoms with E-state index in [1.165, 1.54) is 7.11 Å². The summed E-state index contributed by atoms with van der Waals surface area (Å²) in [5.41, 5.74) is 1.10. The molecule has 2 aromatic rings. The van der Waals surface area contributed by atoms with Crippen molar-refractivity contribution in [1.29, 1.82) is 0 Å². The van der Waals surface area contributed by atoms with Gasteiger partial charge in [0, 0.05) is 5.39 Å². The van der Waals surface area contributed by atoms with Crippen LogP contribution in [-0.2, 0) is 0 Å². The summed E-state index contributed by atoms with van der Waals surface area (Å²) in [7, 11) is 1.45. The number of nitrogens with one attached hydrogen (secondary N) is 1. The first-order chi connectivity index (χ1) is 7.70. The van der Waals surface area contributed by atoms with Crippen LogP contribution in [0.5, 0.6) is 5.88 Å². The van der Waals surface area contributed by atoms with Crippen molar-refractivity contribution in [3.8, 4) is 5.88 Å². The van der Waals surface area contributed by atoms with Gasteiger partial charge in [0.2, 0.25) is 5.88 Å². The van der Waals surface area contributed by atoms with Crippen LogP contribution in [0.1, 0.15) is 0 Å². The number of pyridine rings is 1. The number of para-hydroxylation sites is 1. The Labute approximate surface area is 91.7 Å². The largest absolute Gasteiger partial charge is 0.479 e. The smallest absolute Gasteiger partial charge is 0.409 e. The average molecular weight is 218 g/mol. The highest BCUT2D eigenvalue weighted by atomic mass is 16.5. The molecule has 0 atom stereocenters. The number of aromatic nitrogens is 1. The molecule has 16 heavy (non-hydrogen) atoms. The van der Waals surface area contributed by atoms with Gasteiger partial charge in [0.25, 0.3) is 0 Å². The molecule has 0 aliphatic heterocycles. The first-order valence-electron chi connectivity index (χ1n) is 4.64. The summed E-state index contributed by atoms with van der Waals surface area (Å²) >= 11 is 0. The van der Waals surface area contributed by atoms with Gasteiger partial charge in [0.05, 0.1) is 12.6 Å². The lowest BCUT2D eigenvalue weighted by Crippen LogP contribution is -2.09. The fourth-order valence-electron chi connectivity index (χ4n) is 1.46. The van der Waals surface area contributed by atoms with Crippen molar-refractivity contribution in [2.45, 2.75) is 0 Å². The lowest BCUT2D eigenvalue weighted by molar-refractivity contribution is 0.209. The van der Waals surface area contributed by atoms with Crippen LogP contribution in [0.15, 0.2) is 30.3 Å². The summed E-state index contributed by atoms with van der Waals surface area (Å²) in [5.74, 6) is 0.265. The van der Waals surface area contributed by atoms with E-state index >= 15 is 0 Å². The number of methoxy groups -OCH3 is 1. The molecule has 0 unspecified atom stereocenters. The van der Waals surface area contributed by atoms with Gasteiger partial charge >= 0.3 is 6.09 Å². The molecule has 0 aliphatic carbocycles. The molecule has 0 spiro atoms. The lowest BCUT2D eigenvalue weighted by Gasteiger charge is -2.08. The molecule has 1 amide bonds.